The maximum atomic E-state index is 9.75. The predicted octanol–water partition coefficient (Wildman–Crippen LogP) is 1.55. The van der Waals surface area contributed by atoms with Crippen LogP contribution in [0.3, 0.4) is 0 Å². The summed E-state index contributed by atoms with van der Waals surface area (Å²) in [4.78, 5) is 0. The Morgan fingerprint density at radius 3 is 2.82 bits per heavy atom. The van der Waals surface area contributed by atoms with E-state index in [9.17, 15) is 5.11 Å². The lowest BCUT2D eigenvalue weighted by Gasteiger charge is -2.29. The minimum absolute atomic E-state index is 0.00162. The van der Waals surface area contributed by atoms with Crippen LogP contribution in [0.5, 0.6) is 0 Å². The van der Waals surface area contributed by atoms with Crippen LogP contribution in [0, 0.1) is 18.3 Å². The Bertz CT molecular complexity index is 249. The van der Waals surface area contributed by atoms with E-state index in [-0.39, 0.29) is 6.04 Å². The highest BCUT2D eigenvalue weighted by molar-refractivity contribution is 4.95. The van der Waals surface area contributed by atoms with Crippen molar-refractivity contribution in [1.29, 1.82) is 0 Å². The van der Waals surface area contributed by atoms with Crippen molar-refractivity contribution in [2.24, 2.45) is 5.92 Å². The van der Waals surface area contributed by atoms with Crippen molar-refractivity contribution in [3.05, 3.63) is 0 Å². The average molecular weight is 239 g/mol. The monoisotopic (exact) mass is 239 g/mol. The van der Waals surface area contributed by atoms with Crippen molar-refractivity contribution in [1.82, 2.24) is 5.32 Å². The number of terminal acetylenes is 1. The van der Waals surface area contributed by atoms with E-state index in [4.69, 9.17) is 11.2 Å². The van der Waals surface area contributed by atoms with Crippen LogP contribution in [0.1, 0.15) is 39.5 Å². The van der Waals surface area contributed by atoms with Crippen LogP contribution >= 0.6 is 0 Å². The summed E-state index contributed by atoms with van der Waals surface area (Å²) in [5.74, 6) is 3.19. The van der Waals surface area contributed by atoms with Crippen molar-refractivity contribution in [3.63, 3.8) is 0 Å². The molecule has 0 aromatic heterocycles. The minimum Gasteiger partial charge on any atom is -0.389 e. The van der Waals surface area contributed by atoms with Crippen LogP contribution in [0.25, 0.3) is 0 Å². The van der Waals surface area contributed by atoms with Gasteiger partial charge in [0.25, 0.3) is 0 Å². The summed E-state index contributed by atoms with van der Waals surface area (Å²) in [5, 5.41) is 12.8. The summed E-state index contributed by atoms with van der Waals surface area (Å²) in [6.07, 6.45) is 10.0. The van der Waals surface area contributed by atoms with E-state index in [0.29, 0.717) is 25.2 Å². The molecule has 0 aliphatic heterocycles. The molecule has 1 aliphatic carbocycles. The van der Waals surface area contributed by atoms with Gasteiger partial charge in [0.1, 0.15) is 0 Å². The van der Waals surface area contributed by atoms with Crippen LogP contribution in [0.2, 0.25) is 0 Å². The van der Waals surface area contributed by atoms with Gasteiger partial charge in [-0.1, -0.05) is 25.7 Å². The summed E-state index contributed by atoms with van der Waals surface area (Å²) >= 11 is 0. The Kier molecular flexibility index (Phi) is 6.57. The van der Waals surface area contributed by atoms with Crippen molar-refractivity contribution in [2.45, 2.75) is 57.8 Å². The molecule has 0 heterocycles. The molecule has 0 spiro atoms. The third kappa shape index (κ3) is 5.54. The molecule has 1 aliphatic rings. The van der Waals surface area contributed by atoms with Crippen molar-refractivity contribution < 1.29 is 9.84 Å². The van der Waals surface area contributed by atoms with Gasteiger partial charge in [-0.15, -0.1) is 6.42 Å². The van der Waals surface area contributed by atoms with Crippen molar-refractivity contribution in [3.8, 4) is 12.3 Å². The topological polar surface area (TPSA) is 41.5 Å². The van der Waals surface area contributed by atoms with Gasteiger partial charge in [0.15, 0.2) is 0 Å². The Hall–Kier alpha value is -0.560. The highest BCUT2D eigenvalue weighted by Crippen LogP contribution is 2.26. The number of rotatable bonds is 6. The third-order valence-electron chi connectivity index (χ3n) is 3.45. The molecule has 4 atom stereocenters. The summed E-state index contributed by atoms with van der Waals surface area (Å²) in [6, 6.07) is -0.00162. The van der Waals surface area contributed by atoms with E-state index in [1.807, 2.05) is 6.92 Å². The Labute approximate surface area is 105 Å². The molecule has 98 valence electrons. The molecule has 1 fully saturated rings. The van der Waals surface area contributed by atoms with Crippen LogP contribution < -0.4 is 5.32 Å². The zero-order valence-electron chi connectivity index (χ0n) is 11.0. The molecule has 0 aromatic rings. The van der Waals surface area contributed by atoms with E-state index < -0.39 is 6.10 Å². The number of hydrogen-bond acceptors (Lipinski definition) is 3. The first kappa shape index (κ1) is 14.5. The van der Waals surface area contributed by atoms with Crippen LogP contribution in [-0.2, 0) is 4.74 Å². The zero-order chi connectivity index (χ0) is 12.7. The Balaban J connectivity index is 2.14. The molecule has 0 bridgehead atoms. The Morgan fingerprint density at radius 1 is 1.47 bits per heavy atom. The molecule has 4 unspecified atom stereocenters. The smallest absolute Gasteiger partial charge is 0.0898 e. The fraction of sp³-hybridized carbons (Fsp3) is 0.857. The lowest BCUT2D eigenvalue weighted by Crippen LogP contribution is -2.37. The lowest BCUT2D eigenvalue weighted by molar-refractivity contribution is -0.0453. The third-order valence-corrected chi connectivity index (χ3v) is 3.45. The maximum absolute atomic E-state index is 9.75. The molecular weight excluding hydrogens is 214 g/mol. The van der Waals surface area contributed by atoms with Gasteiger partial charge in [0, 0.05) is 6.54 Å². The van der Waals surface area contributed by atoms with Crippen LogP contribution in [0.15, 0.2) is 0 Å². The van der Waals surface area contributed by atoms with Gasteiger partial charge in [-0.2, -0.15) is 0 Å². The van der Waals surface area contributed by atoms with Gasteiger partial charge in [0.2, 0.25) is 0 Å². The van der Waals surface area contributed by atoms with Crippen LogP contribution in [-0.4, -0.2) is 36.5 Å². The average Bonchev–Trinajstić information content (AvgIpc) is 2.35. The van der Waals surface area contributed by atoms with E-state index in [0.717, 1.165) is 6.42 Å². The predicted molar refractivity (Wildman–Crippen MR) is 69.7 cm³/mol. The first-order valence-electron chi connectivity index (χ1n) is 6.62. The highest BCUT2D eigenvalue weighted by atomic mass is 16.5. The Morgan fingerprint density at radius 2 is 2.18 bits per heavy atom. The van der Waals surface area contributed by atoms with Gasteiger partial charge >= 0.3 is 0 Å². The summed E-state index contributed by atoms with van der Waals surface area (Å²) in [5.41, 5.74) is 0. The summed E-state index contributed by atoms with van der Waals surface area (Å²) < 4.78 is 5.78. The molecule has 0 radical (unpaired) electrons. The highest BCUT2D eigenvalue weighted by Gasteiger charge is 2.22. The van der Waals surface area contributed by atoms with Crippen molar-refractivity contribution in [2.75, 3.05) is 13.2 Å². The number of ether oxygens (including phenoxy) is 1. The number of aliphatic hydroxyl groups excluding tert-OH is 1. The maximum Gasteiger partial charge on any atom is 0.0898 e. The molecule has 3 nitrogen and oxygen atoms in total. The number of hydrogen-bond donors (Lipinski definition) is 2. The SMILES string of the molecule is C#CC(C)NCC(O)COC1CCCCC1C. The molecule has 0 amide bonds. The van der Waals surface area contributed by atoms with E-state index in [2.05, 4.69) is 18.2 Å². The first-order chi connectivity index (χ1) is 8.13. The molecule has 17 heavy (non-hydrogen) atoms. The summed E-state index contributed by atoms with van der Waals surface area (Å²) in [6.45, 7) is 5.03. The lowest BCUT2D eigenvalue weighted by atomic mass is 9.88. The number of nitrogens with one attached hydrogen (secondary N) is 1. The second-order valence-electron chi connectivity index (χ2n) is 5.08. The molecule has 2 N–H and O–H groups in total. The number of aliphatic hydroxyl groups is 1. The molecule has 3 heteroatoms. The van der Waals surface area contributed by atoms with Gasteiger partial charge in [-0.05, 0) is 25.7 Å². The molecular formula is C14H25NO2. The fourth-order valence-corrected chi connectivity index (χ4v) is 2.20. The van der Waals surface area contributed by atoms with Gasteiger partial charge in [-0.3, -0.25) is 0 Å². The summed E-state index contributed by atoms with van der Waals surface area (Å²) in [7, 11) is 0. The van der Waals surface area contributed by atoms with E-state index >= 15 is 0 Å². The second-order valence-corrected chi connectivity index (χ2v) is 5.08. The zero-order valence-corrected chi connectivity index (χ0v) is 11.0. The van der Waals surface area contributed by atoms with E-state index in [1.54, 1.807) is 0 Å². The normalized spacial score (nSPS) is 28.4. The molecule has 1 rings (SSSR count). The molecule has 0 saturated heterocycles. The largest absolute Gasteiger partial charge is 0.389 e. The molecule has 0 aromatic carbocycles. The van der Waals surface area contributed by atoms with E-state index in [1.165, 1.54) is 19.3 Å². The van der Waals surface area contributed by atoms with Gasteiger partial charge in [-0.25, -0.2) is 0 Å². The standard InChI is InChI=1S/C14H25NO2/c1-4-12(3)15-9-13(16)10-17-14-8-6-5-7-11(14)2/h1,11-16H,5-10H2,2-3H3. The van der Waals surface area contributed by atoms with Gasteiger partial charge in [0.05, 0.1) is 24.9 Å². The van der Waals surface area contributed by atoms with Crippen molar-refractivity contribution >= 4 is 0 Å². The quantitative estimate of drug-likeness (QED) is 0.691. The minimum atomic E-state index is -0.472. The fourth-order valence-electron chi connectivity index (χ4n) is 2.20. The van der Waals surface area contributed by atoms with Crippen LogP contribution in [0.4, 0.5) is 0 Å². The first-order valence-corrected chi connectivity index (χ1v) is 6.62. The molecule has 1 saturated carbocycles. The second kappa shape index (κ2) is 7.71. The van der Waals surface area contributed by atoms with Gasteiger partial charge < -0.3 is 15.2 Å².